The van der Waals surface area contributed by atoms with Gasteiger partial charge in [0.1, 0.15) is 12.4 Å². The van der Waals surface area contributed by atoms with E-state index in [1.165, 1.54) is 5.56 Å². The second kappa shape index (κ2) is 10.1. The Morgan fingerprint density at radius 3 is 2.55 bits per heavy atom. The van der Waals surface area contributed by atoms with Crippen LogP contribution in [0.1, 0.15) is 44.6 Å². The second-order valence-electron chi connectivity index (χ2n) is 8.71. The molecular weight excluding hydrogens is 386 g/mol. The zero-order valence-electron chi connectivity index (χ0n) is 19.7. The van der Waals surface area contributed by atoms with Crippen molar-refractivity contribution in [2.45, 2.75) is 60.0 Å². The topological polar surface area (TPSA) is 47.4 Å². The molecule has 5 heteroatoms. The van der Waals surface area contributed by atoms with E-state index in [2.05, 4.69) is 50.5 Å². The van der Waals surface area contributed by atoms with Crippen molar-refractivity contribution in [2.24, 2.45) is 5.92 Å². The van der Waals surface area contributed by atoms with Crippen molar-refractivity contribution in [1.82, 2.24) is 9.55 Å². The third-order valence-electron chi connectivity index (χ3n) is 5.68. The minimum absolute atomic E-state index is 0.0571. The maximum atomic E-state index is 13.9. The normalized spacial score (nSPS) is 12.5. The van der Waals surface area contributed by atoms with Crippen LogP contribution in [0.15, 0.2) is 42.5 Å². The Morgan fingerprint density at radius 2 is 1.87 bits per heavy atom. The van der Waals surface area contributed by atoms with Gasteiger partial charge in [-0.3, -0.25) is 4.79 Å². The Balaban J connectivity index is 2.06. The zero-order valence-corrected chi connectivity index (χ0v) is 19.7. The van der Waals surface area contributed by atoms with E-state index >= 15 is 0 Å². The number of nitrogens with zero attached hydrogens (tertiary/aromatic N) is 3. The molecule has 0 bridgehead atoms. The van der Waals surface area contributed by atoms with E-state index in [9.17, 15) is 4.79 Å². The number of aromatic nitrogens is 2. The maximum Gasteiger partial charge on any atom is 0.247 e. The Labute approximate surface area is 186 Å². The molecule has 3 aromatic rings. The molecule has 1 heterocycles. The Hall–Kier alpha value is -2.66. The number of fused-ring (bicyclic) bond motifs is 1. The van der Waals surface area contributed by atoms with Gasteiger partial charge in [0, 0.05) is 13.5 Å². The fourth-order valence-corrected chi connectivity index (χ4v) is 4.29. The van der Waals surface area contributed by atoms with Gasteiger partial charge in [-0.25, -0.2) is 4.98 Å². The first kappa shape index (κ1) is 23.0. The van der Waals surface area contributed by atoms with Crippen LogP contribution in [0.5, 0.6) is 0 Å². The van der Waals surface area contributed by atoms with Crippen molar-refractivity contribution in [2.75, 3.05) is 18.6 Å². The number of amides is 1. The molecular formula is C26H35N3O2. The van der Waals surface area contributed by atoms with E-state index < -0.39 is 0 Å². The summed E-state index contributed by atoms with van der Waals surface area (Å²) in [5.41, 5.74) is 5.23. The van der Waals surface area contributed by atoms with Crippen LogP contribution in [0.25, 0.3) is 11.0 Å². The number of hydrogen-bond acceptors (Lipinski definition) is 3. The van der Waals surface area contributed by atoms with Crippen LogP contribution in [0, 0.1) is 12.8 Å². The molecule has 1 unspecified atom stereocenters. The molecule has 0 aliphatic heterocycles. The highest BCUT2D eigenvalue weighted by molar-refractivity contribution is 5.96. The van der Waals surface area contributed by atoms with E-state index in [-0.39, 0.29) is 18.5 Å². The molecule has 2 aromatic carbocycles. The zero-order chi connectivity index (χ0) is 22.5. The van der Waals surface area contributed by atoms with Crippen molar-refractivity contribution in [3.8, 4) is 0 Å². The summed E-state index contributed by atoms with van der Waals surface area (Å²) in [6, 6.07) is 14.2. The Morgan fingerprint density at radius 1 is 1.13 bits per heavy atom. The second-order valence-corrected chi connectivity index (χ2v) is 8.71. The SMILES string of the molecule is CCc1cccc(C)c1N(C(=O)Cn1c(CC(C)C)nc2ccccc21)C(C)COC. The van der Waals surface area contributed by atoms with Crippen LogP contribution in [-0.2, 0) is 28.9 Å². The number of methoxy groups -OCH3 is 1. The molecule has 0 fully saturated rings. The summed E-state index contributed by atoms with van der Waals surface area (Å²) in [5, 5.41) is 0. The van der Waals surface area contributed by atoms with Gasteiger partial charge >= 0.3 is 0 Å². The van der Waals surface area contributed by atoms with Crippen LogP contribution in [0.2, 0.25) is 0 Å². The summed E-state index contributed by atoms with van der Waals surface area (Å²) < 4.78 is 7.53. The molecule has 5 nitrogen and oxygen atoms in total. The van der Waals surface area contributed by atoms with Crippen LogP contribution < -0.4 is 4.90 Å². The maximum absolute atomic E-state index is 13.9. The monoisotopic (exact) mass is 421 g/mol. The summed E-state index contributed by atoms with van der Waals surface area (Å²) in [7, 11) is 1.68. The molecule has 1 aromatic heterocycles. The van der Waals surface area contributed by atoms with E-state index in [0.29, 0.717) is 12.5 Å². The van der Waals surface area contributed by atoms with E-state index in [4.69, 9.17) is 9.72 Å². The van der Waals surface area contributed by atoms with Gasteiger partial charge in [0.25, 0.3) is 0 Å². The number of carbonyl (C=O) groups is 1. The fourth-order valence-electron chi connectivity index (χ4n) is 4.29. The van der Waals surface area contributed by atoms with E-state index in [1.807, 2.05) is 36.1 Å². The molecule has 1 atom stereocenters. The fraction of sp³-hybridized carbons (Fsp3) is 0.462. The third-order valence-corrected chi connectivity index (χ3v) is 5.68. The van der Waals surface area contributed by atoms with Gasteiger partial charge < -0.3 is 14.2 Å². The average molecular weight is 422 g/mol. The Bertz CT molecular complexity index is 1040. The van der Waals surface area contributed by atoms with Gasteiger partial charge in [0.15, 0.2) is 0 Å². The number of hydrogen-bond donors (Lipinski definition) is 0. The molecule has 0 N–H and O–H groups in total. The van der Waals surface area contributed by atoms with Crippen LogP contribution in [0.3, 0.4) is 0 Å². The molecule has 0 spiro atoms. The van der Waals surface area contributed by atoms with Crippen molar-refractivity contribution in [3.63, 3.8) is 0 Å². The van der Waals surface area contributed by atoms with Crippen molar-refractivity contribution in [1.29, 1.82) is 0 Å². The molecule has 0 radical (unpaired) electrons. The number of anilines is 1. The predicted octanol–water partition coefficient (Wildman–Crippen LogP) is 5.17. The third kappa shape index (κ3) is 4.99. The first-order chi connectivity index (χ1) is 14.9. The smallest absolute Gasteiger partial charge is 0.247 e. The van der Waals surface area contributed by atoms with Crippen molar-refractivity contribution in [3.05, 3.63) is 59.4 Å². The van der Waals surface area contributed by atoms with E-state index in [0.717, 1.165) is 41.0 Å². The number of benzene rings is 2. The van der Waals surface area contributed by atoms with Crippen LogP contribution in [0.4, 0.5) is 5.69 Å². The van der Waals surface area contributed by atoms with Crippen molar-refractivity contribution >= 4 is 22.6 Å². The summed E-state index contributed by atoms with van der Waals surface area (Å²) in [6.45, 7) is 11.4. The lowest BCUT2D eigenvalue weighted by Gasteiger charge is -2.32. The lowest BCUT2D eigenvalue weighted by molar-refractivity contribution is -0.119. The van der Waals surface area contributed by atoms with Gasteiger partial charge in [-0.1, -0.05) is 51.1 Å². The molecule has 0 aliphatic carbocycles. The molecule has 0 saturated heterocycles. The Kier molecular flexibility index (Phi) is 7.50. The van der Waals surface area contributed by atoms with Gasteiger partial charge in [0.2, 0.25) is 5.91 Å². The van der Waals surface area contributed by atoms with Gasteiger partial charge in [-0.2, -0.15) is 0 Å². The highest BCUT2D eigenvalue weighted by atomic mass is 16.5. The summed E-state index contributed by atoms with van der Waals surface area (Å²) in [4.78, 5) is 20.6. The highest BCUT2D eigenvalue weighted by Crippen LogP contribution is 2.29. The van der Waals surface area contributed by atoms with Gasteiger partial charge in [-0.05, 0) is 49.4 Å². The number of ether oxygens (including phenoxy) is 1. The number of carbonyl (C=O) groups excluding carboxylic acids is 1. The highest BCUT2D eigenvalue weighted by Gasteiger charge is 2.27. The molecule has 31 heavy (non-hydrogen) atoms. The summed E-state index contributed by atoms with van der Waals surface area (Å²) in [5.74, 6) is 1.48. The lowest BCUT2D eigenvalue weighted by Crippen LogP contribution is -2.44. The molecule has 166 valence electrons. The number of para-hydroxylation sites is 3. The average Bonchev–Trinajstić information content (AvgIpc) is 3.06. The summed E-state index contributed by atoms with van der Waals surface area (Å²) in [6.07, 6.45) is 1.70. The minimum atomic E-state index is -0.0766. The lowest BCUT2D eigenvalue weighted by atomic mass is 10.0. The van der Waals surface area contributed by atoms with Crippen LogP contribution in [-0.4, -0.2) is 35.2 Å². The first-order valence-electron chi connectivity index (χ1n) is 11.2. The standard InChI is InChI=1S/C26H35N3O2/c1-7-21-12-10-11-19(4)26(21)29(20(5)17-31-6)25(30)16-28-23-14-9-8-13-22(23)27-24(28)15-18(2)3/h8-14,18,20H,7,15-17H2,1-6H3. The largest absolute Gasteiger partial charge is 0.383 e. The number of imidazole rings is 1. The van der Waals surface area contributed by atoms with E-state index in [1.54, 1.807) is 7.11 Å². The predicted molar refractivity (Wildman–Crippen MR) is 128 cm³/mol. The summed E-state index contributed by atoms with van der Waals surface area (Å²) >= 11 is 0. The minimum Gasteiger partial charge on any atom is -0.383 e. The molecule has 0 aliphatic rings. The molecule has 0 saturated carbocycles. The van der Waals surface area contributed by atoms with Gasteiger partial charge in [0.05, 0.1) is 29.4 Å². The quantitative estimate of drug-likeness (QED) is 0.479. The van der Waals surface area contributed by atoms with Crippen molar-refractivity contribution < 1.29 is 9.53 Å². The molecule has 3 rings (SSSR count). The van der Waals surface area contributed by atoms with Gasteiger partial charge in [-0.15, -0.1) is 0 Å². The molecule has 1 amide bonds. The first-order valence-corrected chi connectivity index (χ1v) is 11.2. The number of rotatable bonds is 9. The number of aryl methyl sites for hydroxylation is 2. The van der Waals surface area contributed by atoms with Crippen LogP contribution >= 0.6 is 0 Å².